The Hall–Kier alpha value is -1.49. The second-order valence-electron chi connectivity index (χ2n) is 3.92. The summed E-state index contributed by atoms with van der Waals surface area (Å²) in [6, 6.07) is 3.44. The average Bonchev–Trinajstić information content (AvgIpc) is 2.14. The van der Waals surface area contributed by atoms with Crippen molar-refractivity contribution in [2.45, 2.75) is 25.6 Å². The van der Waals surface area contributed by atoms with Crippen LogP contribution in [0.1, 0.15) is 31.1 Å². The lowest BCUT2D eigenvalue weighted by molar-refractivity contribution is -0.147. The monoisotopic (exact) mass is 230 g/mol. The lowest BCUT2D eigenvalue weighted by Crippen LogP contribution is -2.20. The van der Waals surface area contributed by atoms with Crippen molar-refractivity contribution in [2.24, 2.45) is 0 Å². The Labute approximate surface area is 91.3 Å². The molecule has 1 atom stereocenters. The van der Waals surface area contributed by atoms with Gasteiger partial charge in [-0.2, -0.15) is 0 Å². The fraction of sp³-hybridized carbons (Fsp3) is 0.364. The summed E-state index contributed by atoms with van der Waals surface area (Å²) in [5, 5.41) is 18.0. The molecule has 0 fully saturated rings. The van der Waals surface area contributed by atoms with Gasteiger partial charge >= 0.3 is 5.97 Å². The van der Waals surface area contributed by atoms with Crippen LogP contribution in [-0.2, 0) is 10.5 Å². The van der Waals surface area contributed by atoms with Gasteiger partial charge in [0.25, 0.3) is 0 Å². The van der Waals surface area contributed by atoms with Gasteiger partial charge in [-0.3, -0.25) is 0 Å². The van der Waals surface area contributed by atoms with Crippen molar-refractivity contribution in [1.29, 1.82) is 0 Å². The zero-order valence-corrected chi connectivity index (χ0v) is 8.87. The van der Waals surface area contributed by atoms with E-state index in [-0.39, 0.29) is 5.56 Å². The smallest absolute Gasteiger partial charge is 0.337 e. The minimum atomic E-state index is -2.06. The molecule has 0 aromatic heterocycles. The molecule has 0 aliphatic carbocycles. The van der Waals surface area contributed by atoms with Crippen LogP contribution >= 0.6 is 0 Å². The molecule has 0 spiro atoms. The lowest BCUT2D eigenvalue weighted by atomic mass is 9.91. The molecule has 1 aromatic carbocycles. The minimum absolute atomic E-state index is 0.264. The van der Waals surface area contributed by atoms with Crippen LogP contribution in [0, 0.1) is 5.82 Å². The van der Waals surface area contributed by atoms with E-state index in [9.17, 15) is 18.7 Å². The first-order valence-electron chi connectivity index (χ1n) is 4.64. The first-order chi connectivity index (χ1) is 7.25. The maximum absolute atomic E-state index is 13.7. The summed E-state index contributed by atoms with van der Waals surface area (Å²) in [4.78, 5) is 10.6. The number of hydrogen-bond donors (Lipinski definition) is 2. The molecule has 0 saturated heterocycles. The molecule has 0 saturated carbocycles. The molecule has 1 unspecified atom stereocenters. The Morgan fingerprint density at radius 3 is 2.44 bits per heavy atom. The van der Waals surface area contributed by atoms with Gasteiger partial charge in [0.05, 0.1) is 0 Å². The fourth-order valence-corrected chi connectivity index (χ4v) is 1.53. The van der Waals surface area contributed by atoms with Gasteiger partial charge < -0.3 is 10.2 Å². The van der Waals surface area contributed by atoms with E-state index in [4.69, 9.17) is 5.11 Å². The number of rotatable bonds is 3. The van der Waals surface area contributed by atoms with Crippen molar-refractivity contribution in [3.8, 4) is 0 Å². The molecule has 16 heavy (non-hydrogen) atoms. The number of hydrogen-bond acceptors (Lipinski definition) is 2. The van der Waals surface area contributed by atoms with E-state index in [0.29, 0.717) is 0 Å². The Kier molecular flexibility index (Phi) is 3.28. The van der Waals surface area contributed by atoms with Crippen molar-refractivity contribution in [1.82, 2.24) is 0 Å². The number of alkyl halides is 1. The van der Waals surface area contributed by atoms with Crippen molar-refractivity contribution in [3.05, 3.63) is 35.1 Å². The van der Waals surface area contributed by atoms with E-state index in [1.165, 1.54) is 12.1 Å². The van der Waals surface area contributed by atoms with Gasteiger partial charge in [0, 0.05) is 11.1 Å². The number of halogens is 2. The molecule has 0 bridgehead atoms. The van der Waals surface area contributed by atoms with E-state index in [0.717, 1.165) is 19.9 Å². The maximum Gasteiger partial charge on any atom is 0.337 e. The van der Waals surface area contributed by atoms with Gasteiger partial charge in [-0.1, -0.05) is 12.1 Å². The highest BCUT2D eigenvalue weighted by molar-refractivity contribution is 5.74. The Morgan fingerprint density at radius 2 is 2.00 bits per heavy atom. The molecule has 0 amide bonds. The molecule has 1 rings (SSSR count). The molecule has 1 aromatic rings. The molecular weight excluding hydrogens is 218 g/mol. The van der Waals surface area contributed by atoms with Crippen molar-refractivity contribution in [3.63, 3.8) is 0 Å². The number of aliphatic hydroxyl groups excluding tert-OH is 1. The molecule has 0 heterocycles. The Bertz CT molecular complexity index is 410. The number of aliphatic carboxylic acids is 1. The molecule has 2 N–H and O–H groups in total. The van der Waals surface area contributed by atoms with E-state index in [2.05, 4.69) is 0 Å². The van der Waals surface area contributed by atoms with Crippen molar-refractivity contribution < 1.29 is 23.8 Å². The van der Waals surface area contributed by atoms with Crippen LogP contribution in [0.4, 0.5) is 8.78 Å². The van der Waals surface area contributed by atoms with Crippen LogP contribution < -0.4 is 0 Å². The summed E-state index contributed by atoms with van der Waals surface area (Å²) in [5.41, 5.74) is -2.75. The number of aliphatic hydroxyl groups is 1. The predicted octanol–water partition coefficient (Wildman–Crippen LogP) is 2.15. The first-order valence-corrected chi connectivity index (χ1v) is 4.64. The van der Waals surface area contributed by atoms with Gasteiger partial charge in [0.2, 0.25) is 0 Å². The van der Waals surface area contributed by atoms with E-state index >= 15 is 0 Å². The number of benzene rings is 1. The van der Waals surface area contributed by atoms with Gasteiger partial charge in [0.15, 0.2) is 6.10 Å². The van der Waals surface area contributed by atoms with Gasteiger partial charge in [-0.15, -0.1) is 0 Å². The summed E-state index contributed by atoms with van der Waals surface area (Å²) in [6.07, 6.45) is -1.93. The normalized spacial score (nSPS) is 13.6. The number of carboxylic acids is 1. The fourth-order valence-electron chi connectivity index (χ4n) is 1.53. The lowest BCUT2D eigenvalue weighted by Gasteiger charge is -2.21. The highest BCUT2D eigenvalue weighted by Gasteiger charge is 2.31. The van der Waals surface area contributed by atoms with E-state index in [1.807, 2.05) is 0 Å². The summed E-state index contributed by atoms with van der Waals surface area (Å²) in [5.74, 6) is -2.42. The van der Waals surface area contributed by atoms with E-state index in [1.54, 1.807) is 0 Å². The van der Waals surface area contributed by atoms with Gasteiger partial charge in [0.1, 0.15) is 11.5 Å². The second kappa shape index (κ2) is 4.17. The zero-order valence-electron chi connectivity index (χ0n) is 8.87. The Balaban J connectivity index is 3.40. The van der Waals surface area contributed by atoms with Gasteiger partial charge in [-0.05, 0) is 19.9 Å². The third-order valence-corrected chi connectivity index (χ3v) is 2.17. The highest BCUT2D eigenvalue weighted by atomic mass is 19.1. The van der Waals surface area contributed by atoms with E-state index < -0.39 is 29.1 Å². The molecule has 0 radical (unpaired) electrons. The summed E-state index contributed by atoms with van der Waals surface area (Å²) < 4.78 is 27.1. The van der Waals surface area contributed by atoms with Crippen LogP contribution in [0.25, 0.3) is 0 Å². The molecule has 0 aliphatic heterocycles. The quantitative estimate of drug-likeness (QED) is 0.836. The summed E-state index contributed by atoms with van der Waals surface area (Å²) >= 11 is 0. The SMILES string of the molecule is CC(C)(F)c1c(F)cccc1C(O)C(=O)O. The van der Waals surface area contributed by atoms with Crippen LogP contribution in [0.2, 0.25) is 0 Å². The average molecular weight is 230 g/mol. The highest BCUT2D eigenvalue weighted by Crippen LogP contribution is 2.33. The van der Waals surface area contributed by atoms with Gasteiger partial charge in [-0.25, -0.2) is 13.6 Å². The summed E-state index contributed by atoms with van der Waals surface area (Å²) in [7, 11) is 0. The van der Waals surface area contributed by atoms with Crippen LogP contribution in [0.5, 0.6) is 0 Å². The largest absolute Gasteiger partial charge is 0.479 e. The second-order valence-corrected chi connectivity index (χ2v) is 3.92. The van der Waals surface area contributed by atoms with Crippen LogP contribution in [-0.4, -0.2) is 16.2 Å². The Morgan fingerprint density at radius 1 is 1.44 bits per heavy atom. The minimum Gasteiger partial charge on any atom is -0.479 e. The molecular formula is C11H12F2O3. The molecule has 3 nitrogen and oxygen atoms in total. The number of carboxylic acid groups (broad SMARTS) is 1. The zero-order chi connectivity index (χ0) is 12.5. The summed E-state index contributed by atoms with van der Waals surface area (Å²) in [6.45, 7) is 2.20. The maximum atomic E-state index is 13.7. The topological polar surface area (TPSA) is 57.5 Å². The van der Waals surface area contributed by atoms with Crippen molar-refractivity contribution >= 4 is 5.97 Å². The predicted molar refractivity (Wildman–Crippen MR) is 53.1 cm³/mol. The van der Waals surface area contributed by atoms with Crippen LogP contribution in [0.3, 0.4) is 0 Å². The first kappa shape index (κ1) is 12.6. The third kappa shape index (κ3) is 2.36. The number of carbonyl (C=O) groups is 1. The molecule has 0 aliphatic rings. The molecule has 88 valence electrons. The third-order valence-electron chi connectivity index (χ3n) is 2.17. The standard InChI is InChI=1S/C11H12F2O3/c1-11(2,13)8-6(9(14)10(15)16)4-3-5-7(8)12/h3-5,9,14H,1-2H3,(H,15,16). The van der Waals surface area contributed by atoms with Crippen molar-refractivity contribution in [2.75, 3.05) is 0 Å². The molecule has 5 heteroatoms. The van der Waals surface area contributed by atoms with Crippen LogP contribution in [0.15, 0.2) is 18.2 Å².